The van der Waals surface area contributed by atoms with E-state index in [1.54, 1.807) is 32.0 Å². The molecule has 0 saturated carbocycles. The predicted octanol–water partition coefficient (Wildman–Crippen LogP) is 3.40. The maximum absolute atomic E-state index is 13.6. The van der Waals surface area contributed by atoms with Crippen molar-refractivity contribution in [3.8, 4) is 16.9 Å². The summed E-state index contributed by atoms with van der Waals surface area (Å²) in [6, 6.07) is 6.72. The van der Waals surface area contributed by atoms with E-state index in [0.29, 0.717) is 36.1 Å². The third-order valence-corrected chi connectivity index (χ3v) is 8.67. The SMILES string of the molecule is COC(=O)N[C@H](C(=O)N1[C@@H](C)CC[C@H]1C(=O)OC1CCc2cc3c(cc2C1=O)OCc1cc(C(=O)COC=O)ccc1-3)C(C)C. The molecule has 1 N–H and O–H groups in total. The van der Waals surface area contributed by atoms with Gasteiger partial charge < -0.3 is 29.2 Å². The summed E-state index contributed by atoms with van der Waals surface area (Å²) in [5, 5.41) is 2.57. The van der Waals surface area contributed by atoms with Gasteiger partial charge in [-0.2, -0.15) is 0 Å². The first-order valence-electron chi connectivity index (χ1n) is 15.0. The lowest BCUT2D eigenvalue weighted by Crippen LogP contribution is -2.56. The third-order valence-electron chi connectivity index (χ3n) is 8.67. The van der Waals surface area contributed by atoms with Gasteiger partial charge in [0.1, 0.15) is 24.4 Å². The van der Waals surface area contributed by atoms with Gasteiger partial charge in [0.2, 0.25) is 11.7 Å². The normalized spacial score (nSPS) is 20.6. The summed E-state index contributed by atoms with van der Waals surface area (Å²) in [7, 11) is 1.21. The highest BCUT2D eigenvalue weighted by atomic mass is 16.6. The van der Waals surface area contributed by atoms with Crippen molar-refractivity contribution >= 4 is 36.0 Å². The quantitative estimate of drug-likeness (QED) is 0.191. The van der Waals surface area contributed by atoms with Crippen molar-refractivity contribution in [3.63, 3.8) is 0 Å². The van der Waals surface area contributed by atoms with Crippen LogP contribution in [0.1, 0.15) is 71.9 Å². The molecule has 5 rings (SSSR count). The summed E-state index contributed by atoms with van der Waals surface area (Å²) in [5.74, 6) is -1.48. The van der Waals surface area contributed by atoms with E-state index in [1.165, 1.54) is 12.0 Å². The number of benzene rings is 2. The third kappa shape index (κ3) is 6.27. The summed E-state index contributed by atoms with van der Waals surface area (Å²) in [4.78, 5) is 76.7. The van der Waals surface area contributed by atoms with Gasteiger partial charge >= 0.3 is 12.1 Å². The molecule has 45 heavy (non-hydrogen) atoms. The number of esters is 1. The van der Waals surface area contributed by atoms with Crippen LogP contribution >= 0.6 is 0 Å². The maximum atomic E-state index is 13.6. The molecule has 0 bridgehead atoms. The fourth-order valence-electron chi connectivity index (χ4n) is 6.26. The molecule has 1 fully saturated rings. The Morgan fingerprint density at radius 2 is 1.82 bits per heavy atom. The van der Waals surface area contributed by atoms with Crippen LogP contribution in [0.3, 0.4) is 0 Å². The molecule has 2 amide bonds. The topological polar surface area (TPSA) is 155 Å². The Hall–Kier alpha value is -4.74. The second-order valence-corrected chi connectivity index (χ2v) is 11.9. The zero-order chi connectivity index (χ0) is 32.4. The van der Waals surface area contributed by atoms with Crippen molar-refractivity contribution in [1.82, 2.24) is 10.2 Å². The van der Waals surface area contributed by atoms with E-state index >= 15 is 0 Å². The smallest absolute Gasteiger partial charge is 0.407 e. The van der Waals surface area contributed by atoms with Crippen molar-refractivity contribution < 1.29 is 47.7 Å². The van der Waals surface area contributed by atoms with Gasteiger partial charge in [-0.3, -0.25) is 19.2 Å². The first-order valence-corrected chi connectivity index (χ1v) is 15.0. The van der Waals surface area contributed by atoms with E-state index in [1.807, 2.05) is 19.1 Å². The molecule has 3 aliphatic rings. The number of alkyl carbamates (subject to hydrolysis) is 1. The number of nitrogens with one attached hydrogen (secondary N) is 1. The average molecular weight is 621 g/mol. The number of ether oxygens (including phenoxy) is 4. The number of carbonyl (C=O) groups is 6. The molecule has 1 saturated heterocycles. The first-order chi connectivity index (χ1) is 21.5. The van der Waals surface area contributed by atoms with Crippen LogP contribution < -0.4 is 10.1 Å². The zero-order valence-electron chi connectivity index (χ0n) is 25.6. The number of Topliss-reactive ketones (excluding diaryl/α,β-unsaturated/α-hetero) is 2. The van der Waals surface area contributed by atoms with E-state index in [2.05, 4.69) is 14.8 Å². The number of hydrogen-bond acceptors (Lipinski definition) is 10. The highest BCUT2D eigenvalue weighted by Gasteiger charge is 2.44. The monoisotopic (exact) mass is 620 g/mol. The minimum atomic E-state index is -1.01. The summed E-state index contributed by atoms with van der Waals surface area (Å²) in [6.07, 6.45) is -0.0433. The number of hydrogen-bond donors (Lipinski definition) is 1. The summed E-state index contributed by atoms with van der Waals surface area (Å²) >= 11 is 0. The minimum absolute atomic E-state index is 0.176. The van der Waals surface area contributed by atoms with Crippen LogP contribution in [-0.2, 0) is 41.6 Å². The Kier molecular flexibility index (Phi) is 9.21. The van der Waals surface area contributed by atoms with E-state index < -0.39 is 36.2 Å². The number of fused-ring (bicyclic) bond motifs is 4. The molecule has 12 nitrogen and oxygen atoms in total. The Balaban J connectivity index is 1.31. The Morgan fingerprint density at radius 1 is 1.04 bits per heavy atom. The molecule has 0 aromatic heterocycles. The first kappa shape index (κ1) is 31.7. The number of amides is 2. The van der Waals surface area contributed by atoms with Gasteiger partial charge in [-0.15, -0.1) is 0 Å². The van der Waals surface area contributed by atoms with Gasteiger partial charge in [0.05, 0.1) is 7.11 Å². The van der Waals surface area contributed by atoms with Crippen molar-refractivity contribution in [2.24, 2.45) is 5.92 Å². The molecule has 1 unspecified atom stereocenters. The number of nitrogens with zero attached hydrogens (tertiary/aromatic N) is 1. The second-order valence-electron chi connectivity index (χ2n) is 11.9. The van der Waals surface area contributed by atoms with Gasteiger partial charge in [-0.05, 0) is 73.4 Å². The van der Waals surface area contributed by atoms with E-state index in [4.69, 9.17) is 9.47 Å². The highest BCUT2D eigenvalue weighted by molar-refractivity contribution is 6.04. The molecule has 2 aromatic carbocycles. The molecule has 2 aromatic rings. The number of likely N-dealkylation sites (tertiary alicyclic amines) is 1. The molecular formula is C33H36N2O10. The maximum Gasteiger partial charge on any atom is 0.407 e. The molecule has 1 aliphatic carbocycles. The number of methoxy groups -OCH3 is 1. The molecule has 4 atom stereocenters. The minimum Gasteiger partial charge on any atom is -0.488 e. The number of rotatable bonds is 9. The van der Waals surface area contributed by atoms with E-state index in [0.717, 1.165) is 22.3 Å². The van der Waals surface area contributed by atoms with Crippen LogP contribution in [0.5, 0.6) is 5.75 Å². The Labute approximate surface area is 260 Å². The van der Waals surface area contributed by atoms with Crippen molar-refractivity contribution in [1.29, 1.82) is 0 Å². The van der Waals surface area contributed by atoms with Crippen LogP contribution in [0.15, 0.2) is 30.3 Å². The Morgan fingerprint density at radius 3 is 2.53 bits per heavy atom. The molecule has 0 spiro atoms. The van der Waals surface area contributed by atoms with Crippen molar-refractivity contribution in [3.05, 3.63) is 52.6 Å². The molecule has 2 aliphatic heterocycles. The Bertz CT molecular complexity index is 1550. The van der Waals surface area contributed by atoms with Crippen LogP contribution in [0.4, 0.5) is 4.79 Å². The molecule has 2 heterocycles. The molecule has 12 heteroatoms. The number of ketones is 2. The number of carbonyl (C=O) groups excluding carboxylic acids is 6. The lowest BCUT2D eigenvalue weighted by atomic mass is 9.84. The van der Waals surface area contributed by atoms with E-state index in [-0.39, 0.29) is 49.6 Å². The van der Waals surface area contributed by atoms with Gasteiger partial charge in [-0.25, -0.2) is 9.59 Å². The summed E-state index contributed by atoms with van der Waals surface area (Å²) in [5.41, 5.74) is 4.05. The van der Waals surface area contributed by atoms with Gasteiger partial charge in [0.15, 0.2) is 18.5 Å². The van der Waals surface area contributed by atoms with Crippen LogP contribution in [0.25, 0.3) is 11.1 Å². The van der Waals surface area contributed by atoms with Crippen molar-refractivity contribution in [2.45, 2.75) is 77.3 Å². The fraction of sp³-hybridized carbons (Fsp3) is 0.455. The largest absolute Gasteiger partial charge is 0.488 e. The standard InChI is InChI=1S/C33H36N2O10/c1-17(2)29(34-33(41)42-4)31(39)35-18(3)5-9-25(35)32(40)45-27-10-7-19-12-24-22-8-6-20(26(37)15-43-16-36)11-21(22)14-44-28(24)13-23(19)30(27)38/h6,8,11-13,16-18,25,27,29H,5,7,9-10,14-15H2,1-4H3,(H,34,41)/t18-,25-,27?,29-/m0/s1. The summed E-state index contributed by atoms with van der Waals surface area (Å²) < 4.78 is 21.0. The van der Waals surface area contributed by atoms with Gasteiger partial charge in [0, 0.05) is 22.7 Å². The van der Waals surface area contributed by atoms with Crippen LogP contribution in [-0.4, -0.2) is 78.9 Å². The summed E-state index contributed by atoms with van der Waals surface area (Å²) in [6.45, 7) is 5.47. The van der Waals surface area contributed by atoms with Crippen LogP contribution in [0, 0.1) is 5.92 Å². The predicted molar refractivity (Wildman–Crippen MR) is 159 cm³/mol. The second kappa shape index (κ2) is 13.1. The highest BCUT2D eigenvalue weighted by Crippen LogP contribution is 2.41. The van der Waals surface area contributed by atoms with Crippen LogP contribution in [0.2, 0.25) is 0 Å². The number of aryl methyl sites for hydroxylation is 1. The molecular weight excluding hydrogens is 584 g/mol. The lowest BCUT2D eigenvalue weighted by Gasteiger charge is -2.33. The van der Waals surface area contributed by atoms with Gasteiger partial charge in [-0.1, -0.05) is 26.0 Å². The van der Waals surface area contributed by atoms with Crippen molar-refractivity contribution in [2.75, 3.05) is 13.7 Å². The fourth-order valence-corrected chi connectivity index (χ4v) is 6.26. The molecule has 0 radical (unpaired) electrons. The van der Waals surface area contributed by atoms with E-state index in [9.17, 15) is 28.8 Å². The lowest BCUT2D eigenvalue weighted by molar-refractivity contribution is -0.158. The molecule has 238 valence electrons. The zero-order valence-corrected chi connectivity index (χ0v) is 25.6. The van der Waals surface area contributed by atoms with Gasteiger partial charge in [0.25, 0.3) is 6.47 Å². The average Bonchev–Trinajstić information content (AvgIpc) is 3.43.